The number of carbonyl (C=O) groups is 2. The molecular formula is C26H19F2NO4. The van der Waals surface area contributed by atoms with Crippen molar-refractivity contribution < 1.29 is 27.8 Å². The first-order valence-corrected chi connectivity index (χ1v) is 10.0. The number of amides is 1. The molecule has 7 heteroatoms. The predicted octanol–water partition coefficient (Wildman–Crippen LogP) is 6.32. The molecular weight excluding hydrogens is 428 g/mol. The van der Waals surface area contributed by atoms with Crippen LogP contribution in [0.25, 0.3) is 21.9 Å². The van der Waals surface area contributed by atoms with Crippen molar-refractivity contribution in [2.24, 2.45) is 0 Å². The van der Waals surface area contributed by atoms with Crippen molar-refractivity contribution in [2.45, 2.75) is 6.61 Å². The van der Waals surface area contributed by atoms with Crippen LogP contribution in [0.5, 0.6) is 0 Å². The average molecular weight is 447 g/mol. The van der Waals surface area contributed by atoms with E-state index in [9.17, 15) is 18.4 Å². The topological polar surface area (TPSA) is 64.6 Å². The molecule has 1 amide bonds. The summed E-state index contributed by atoms with van der Waals surface area (Å²) >= 11 is 0. The first kappa shape index (κ1) is 22.0. The Kier molecular flexibility index (Phi) is 6.31. The second-order valence-electron chi connectivity index (χ2n) is 7.19. The number of rotatable bonds is 5. The lowest BCUT2D eigenvalue weighted by molar-refractivity contribution is 0.0601. The molecule has 4 rings (SSSR count). The van der Waals surface area contributed by atoms with E-state index in [4.69, 9.17) is 4.74 Å². The summed E-state index contributed by atoms with van der Waals surface area (Å²) in [6.45, 7) is -0.0809. The van der Waals surface area contributed by atoms with E-state index in [1.54, 1.807) is 0 Å². The Balaban J connectivity index is 1.56. The third-order valence-corrected chi connectivity index (χ3v) is 5.16. The fourth-order valence-corrected chi connectivity index (χ4v) is 3.59. The van der Waals surface area contributed by atoms with Crippen LogP contribution in [-0.4, -0.2) is 19.2 Å². The summed E-state index contributed by atoms with van der Waals surface area (Å²) in [6.07, 6.45) is -0.932. The molecule has 4 aromatic rings. The van der Waals surface area contributed by atoms with Gasteiger partial charge in [0, 0.05) is 6.07 Å². The smallest absolute Gasteiger partial charge is 0.411 e. The van der Waals surface area contributed by atoms with Crippen molar-refractivity contribution in [3.8, 4) is 11.1 Å². The van der Waals surface area contributed by atoms with E-state index in [1.165, 1.54) is 0 Å². The number of benzene rings is 4. The molecule has 0 bridgehead atoms. The van der Waals surface area contributed by atoms with Gasteiger partial charge in [0.25, 0.3) is 0 Å². The van der Waals surface area contributed by atoms with E-state index in [1.807, 2.05) is 66.7 Å². The molecule has 5 nitrogen and oxygen atoms in total. The summed E-state index contributed by atoms with van der Waals surface area (Å²) in [6, 6.07) is 22.8. The Bertz CT molecular complexity index is 1350. The van der Waals surface area contributed by atoms with Gasteiger partial charge in [-0.2, -0.15) is 0 Å². The maximum Gasteiger partial charge on any atom is 0.411 e. The summed E-state index contributed by atoms with van der Waals surface area (Å²) in [4.78, 5) is 24.3. The number of methoxy groups -OCH3 is 1. The van der Waals surface area contributed by atoms with Crippen molar-refractivity contribution in [1.82, 2.24) is 0 Å². The first-order chi connectivity index (χ1) is 16.0. The summed E-state index contributed by atoms with van der Waals surface area (Å²) in [5.41, 5.74) is 2.05. The van der Waals surface area contributed by atoms with E-state index < -0.39 is 23.7 Å². The van der Waals surface area contributed by atoms with Gasteiger partial charge in [-0.1, -0.05) is 66.7 Å². The summed E-state index contributed by atoms with van der Waals surface area (Å²) in [7, 11) is 1.09. The van der Waals surface area contributed by atoms with E-state index in [-0.39, 0.29) is 17.9 Å². The van der Waals surface area contributed by atoms with Gasteiger partial charge in [-0.25, -0.2) is 18.4 Å². The molecule has 0 atom stereocenters. The molecule has 33 heavy (non-hydrogen) atoms. The first-order valence-electron chi connectivity index (χ1n) is 10.0. The second-order valence-corrected chi connectivity index (χ2v) is 7.19. The Morgan fingerprint density at radius 1 is 0.848 bits per heavy atom. The van der Waals surface area contributed by atoms with Crippen molar-refractivity contribution >= 4 is 28.5 Å². The molecule has 0 saturated heterocycles. The fraction of sp³-hybridized carbons (Fsp3) is 0.0769. The normalized spacial score (nSPS) is 10.6. The molecule has 0 aliphatic heterocycles. The number of nitrogens with one attached hydrogen (secondary N) is 1. The highest BCUT2D eigenvalue weighted by Gasteiger charge is 2.19. The molecule has 0 aliphatic carbocycles. The van der Waals surface area contributed by atoms with Crippen LogP contribution in [0, 0.1) is 11.6 Å². The van der Waals surface area contributed by atoms with Gasteiger partial charge in [0.1, 0.15) is 6.61 Å². The lowest BCUT2D eigenvalue weighted by Gasteiger charge is -2.14. The minimum atomic E-state index is -1.24. The average Bonchev–Trinajstić information content (AvgIpc) is 2.84. The van der Waals surface area contributed by atoms with Crippen LogP contribution in [-0.2, 0) is 16.1 Å². The Morgan fingerprint density at radius 2 is 1.52 bits per heavy atom. The number of hydrogen-bond acceptors (Lipinski definition) is 4. The maximum absolute atomic E-state index is 13.7. The third kappa shape index (κ3) is 4.67. The molecule has 166 valence electrons. The van der Waals surface area contributed by atoms with Gasteiger partial charge in [0.15, 0.2) is 11.6 Å². The third-order valence-electron chi connectivity index (χ3n) is 5.16. The lowest BCUT2D eigenvalue weighted by Crippen LogP contribution is -2.17. The van der Waals surface area contributed by atoms with Crippen molar-refractivity contribution in [3.05, 3.63) is 102 Å². The number of hydrogen-bond donors (Lipinski definition) is 1. The number of anilines is 1. The van der Waals surface area contributed by atoms with Crippen LogP contribution >= 0.6 is 0 Å². The molecule has 1 N–H and O–H groups in total. The van der Waals surface area contributed by atoms with E-state index in [0.717, 1.165) is 34.6 Å². The highest BCUT2D eigenvalue weighted by atomic mass is 19.2. The number of ether oxygens (including phenoxy) is 2. The van der Waals surface area contributed by atoms with Gasteiger partial charge in [-0.05, 0) is 33.5 Å². The number of halogens is 2. The number of fused-ring (bicyclic) bond motifs is 1. The predicted molar refractivity (Wildman–Crippen MR) is 121 cm³/mol. The van der Waals surface area contributed by atoms with Crippen LogP contribution in [0.2, 0.25) is 0 Å². The SMILES string of the molecule is COC(=O)c1cc(F)c(F)cc1NC(=O)OCc1ccccc1-c1cccc2ccccc12. The second kappa shape index (κ2) is 9.48. The summed E-state index contributed by atoms with van der Waals surface area (Å²) in [5, 5.41) is 4.42. The van der Waals surface area contributed by atoms with Gasteiger partial charge < -0.3 is 9.47 Å². The highest BCUT2D eigenvalue weighted by molar-refractivity contribution is 6.00. The Hall–Kier alpha value is -4.26. The van der Waals surface area contributed by atoms with Crippen LogP contribution in [0.3, 0.4) is 0 Å². The maximum atomic E-state index is 13.7. The molecule has 0 heterocycles. The largest absolute Gasteiger partial charge is 0.465 e. The molecule has 4 aromatic carbocycles. The van der Waals surface area contributed by atoms with E-state index in [0.29, 0.717) is 12.1 Å². The minimum absolute atomic E-state index is 0.0809. The van der Waals surface area contributed by atoms with E-state index >= 15 is 0 Å². The fourth-order valence-electron chi connectivity index (χ4n) is 3.59. The number of carbonyl (C=O) groups excluding carboxylic acids is 2. The quantitative estimate of drug-likeness (QED) is 0.364. The minimum Gasteiger partial charge on any atom is -0.465 e. The van der Waals surface area contributed by atoms with Crippen molar-refractivity contribution in [3.63, 3.8) is 0 Å². The summed E-state index contributed by atoms with van der Waals surface area (Å²) < 4.78 is 37.1. The zero-order valence-electron chi connectivity index (χ0n) is 17.6. The van der Waals surface area contributed by atoms with Gasteiger partial charge in [0.2, 0.25) is 0 Å². The zero-order chi connectivity index (χ0) is 23.4. The van der Waals surface area contributed by atoms with Crippen LogP contribution in [0.1, 0.15) is 15.9 Å². The molecule has 0 fully saturated rings. The van der Waals surface area contributed by atoms with Gasteiger partial charge in [0.05, 0.1) is 18.4 Å². The highest BCUT2D eigenvalue weighted by Crippen LogP contribution is 2.31. The zero-order valence-corrected chi connectivity index (χ0v) is 17.6. The molecule has 0 aromatic heterocycles. The van der Waals surface area contributed by atoms with Gasteiger partial charge in [-0.3, -0.25) is 5.32 Å². The Morgan fingerprint density at radius 3 is 2.33 bits per heavy atom. The lowest BCUT2D eigenvalue weighted by atomic mass is 9.95. The van der Waals surface area contributed by atoms with Crippen molar-refractivity contribution in [1.29, 1.82) is 0 Å². The van der Waals surface area contributed by atoms with E-state index in [2.05, 4.69) is 10.1 Å². The Labute approximate surface area is 188 Å². The summed E-state index contributed by atoms with van der Waals surface area (Å²) in [5.74, 6) is -3.39. The molecule has 0 saturated carbocycles. The van der Waals surface area contributed by atoms with Crippen LogP contribution in [0.15, 0.2) is 78.9 Å². The number of esters is 1. The van der Waals surface area contributed by atoms with Crippen LogP contribution < -0.4 is 5.32 Å². The van der Waals surface area contributed by atoms with Crippen LogP contribution in [0.4, 0.5) is 19.3 Å². The van der Waals surface area contributed by atoms with Gasteiger partial charge >= 0.3 is 12.1 Å². The molecule has 0 unspecified atom stereocenters. The van der Waals surface area contributed by atoms with Gasteiger partial charge in [-0.15, -0.1) is 0 Å². The van der Waals surface area contributed by atoms with Crippen molar-refractivity contribution in [2.75, 3.05) is 12.4 Å². The molecule has 0 radical (unpaired) electrons. The monoisotopic (exact) mass is 447 g/mol. The molecule has 0 aliphatic rings. The molecule has 0 spiro atoms. The standard InChI is InChI=1S/C26H19F2NO4/c1-32-25(30)21-13-22(27)23(28)14-24(21)29-26(31)33-15-17-8-3-5-11-19(17)20-12-6-9-16-7-2-4-10-18(16)20/h2-14H,15H2,1H3,(H,29,31).